The summed E-state index contributed by atoms with van der Waals surface area (Å²) in [5, 5.41) is 3.79. The van der Waals surface area contributed by atoms with Gasteiger partial charge in [-0.1, -0.05) is 49.7 Å². The number of nitrogens with one attached hydrogen (secondary N) is 2. The van der Waals surface area contributed by atoms with E-state index in [4.69, 9.17) is 22.1 Å². The monoisotopic (exact) mass is 536 g/mol. The van der Waals surface area contributed by atoms with Crippen molar-refractivity contribution in [3.63, 3.8) is 0 Å². The number of rotatable bonds is 11. The fourth-order valence-electron chi connectivity index (χ4n) is 4.67. The molecule has 38 heavy (non-hydrogen) atoms. The molecule has 0 fully saturated rings. The van der Waals surface area contributed by atoms with E-state index in [1.54, 1.807) is 0 Å². The Balaban J connectivity index is 0.00000247. The summed E-state index contributed by atoms with van der Waals surface area (Å²) in [4.78, 5) is 26.8. The highest BCUT2D eigenvalue weighted by Gasteiger charge is 2.18. The first-order chi connectivity index (χ1) is 18.3. The Morgan fingerprint density at radius 2 is 2.00 bits per heavy atom. The molecule has 0 saturated heterocycles. The molecule has 204 valence electrons. The number of H-pyrrole nitrogens is 1. The number of halogens is 1. The van der Waals surface area contributed by atoms with E-state index >= 15 is 0 Å². The summed E-state index contributed by atoms with van der Waals surface area (Å²) < 4.78 is 0. The maximum atomic E-state index is 13.1. The van der Waals surface area contributed by atoms with Crippen LogP contribution in [0.4, 0.5) is 0 Å². The highest BCUT2D eigenvalue weighted by atomic mass is 35.5. The van der Waals surface area contributed by atoms with E-state index in [1.165, 1.54) is 0 Å². The van der Waals surface area contributed by atoms with Crippen LogP contribution in [0.3, 0.4) is 0 Å². The lowest BCUT2D eigenvalue weighted by Gasteiger charge is -2.19. The lowest BCUT2D eigenvalue weighted by molar-refractivity contribution is -0.0980. The molecule has 0 saturated carbocycles. The highest BCUT2D eigenvalue weighted by Crippen LogP contribution is 2.34. The van der Waals surface area contributed by atoms with Gasteiger partial charge in [-0.3, -0.25) is 4.79 Å². The van der Waals surface area contributed by atoms with Gasteiger partial charge in [0.25, 0.3) is 5.91 Å². The number of carbonyl (C=O) groups is 2. The summed E-state index contributed by atoms with van der Waals surface area (Å²) in [5.74, 6) is -0.0629. The molecule has 1 aliphatic rings. The number of hydrogen-bond acceptors (Lipinski definition) is 4. The maximum absolute atomic E-state index is 13.1. The Hall–Kier alpha value is -3.35. The number of aryl methyl sites for hydroxylation is 1. The molecular formula is C31H41ClN4O2. The molecule has 0 aliphatic heterocycles. The van der Waals surface area contributed by atoms with Crippen molar-refractivity contribution in [1.82, 2.24) is 15.2 Å². The van der Waals surface area contributed by atoms with E-state index in [2.05, 4.69) is 41.2 Å². The van der Waals surface area contributed by atoms with Gasteiger partial charge in [-0.05, 0) is 99.8 Å². The second-order valence-electron chi connectivity index (χ2n) is 9.27. The van der Waals surface area contributed by atoms with Crippen molar-refractivity contribution in [2.24, 2.45) is 5.73 Å². The first-order valence-electron chi connectivity index (χ1n) is 13.1. The van der Waals surface area contributed by atoms with E-state index in [9.17, 15) is 4.79 Å². The molecule has 7 heteroatoms. The number of aromatic amines is 1. The summed E-state index contributed by atoms with van der Waals surface area (Å²) in [6, 6.07) is 9.75. The van der Waals surface area contributed by atoms with Gasteiger partial charge in [-0.15, -0.1) is 0 Å². The van der Waals surface area contributed by atoms with Gasteiger partial charge < -0.3 is 25.7 Å². The summed E-state index contributed by atoms with van der Waals surface area (Å²) in [7, 11) is 0. The fourth-order valence-corrected chi connectivity index (χ4v) is 4.86. The van der Waals surface area contributed by atoms with Crippen LogP contribution in [-0.2, 0) is 4.79 Å². The summed E-state index contributed by atoms with van der Waals surface area (Å²) in [5.41, 5.74) is 13.7. The first-order valence-corrected chi connectivity index (χ1v) is 13.5. The van der Waals surface area contributed by atoms with Crippen LogP contribution in [0.2, 0.25) is 5.02 Å². The van der Waals surface area contributed by atoms with Gasteiger partial charge in [0.1, 0.15) is 6.79 Å². The molecule has 0 spiro atoms. The molecule has 2 aromatic rings. The molecule has 3 rings (SSSR count). The Morgan fingerprint density at radius 3 is 2.68 bits per heavy atom. The zero-order valence-electron chi connectivity index (χ0n) is 23.1. The Labute approximate surface area is 232 Å². The van der Waals surface area contributed by atoms with Gasteiger partial charge in [0.2, 0.25) is 0 Å². The van der Waals surface area contributed by atoms with Gasteiger partial charge in [0, 0.05) is 28.5 Å². The molecular weight excluding hydrogens is 496 g/mol. The molecule has 4 N–H and O–H groups in total. The molecule has 1 aromatic heterocycles. The van der Waals surface area contributed by atoms with Gasteiger partial charge in [0.05, 0.1) is 11.3 Å². The lowest BCUT2D eigenvalue weighted by Crippen LogP contribution is -2.30. The van der Waals surface area contributed by atoms with E-state index < -0.39 is 0 Å². The minimum Gasteiger partial charge on any atom is -0.398 e. The topological polar surface area (TPSA) is 91.2 Å². The smallest absolute Gasteiger partial charge is 0.253 e. The normalized spacial score (nSPS) is 13.6. The van der Waals surface area contributed by atoms with Gasteiger partial charge >= 0.3 is 0 Å². The SMILES string of the molecule is C=O.CCCN(CC)CCCNC(=O)c1cc(C)[nH]c1/C=C(\C)C1=C(c2cccc(Cl)c2)CC=CC=C1N. The Kier molecular flexibility index (Phi) is 12.8. The van der Waals surface area contributed by atoms with E-state index in [1.807, 2.05) is 63.1 Å². The summed E-state index contributed by atoms with van der Waals surface area (Å²) in [6.45, 7) is 14.1. The van der Waals surface area contributed by atoms with Crippen LogP contribution in [0.5, 0.6) is 0 Å². The molecule has 1 amide bonds. The standard InChI is InChI=1S/C30H39ClN4O.CH2O/c1-5-16-35(6-2)17-10-15-33-30(36)26-19-22(4)34-28(26)18-21(3)29-25(13-7-8-14-27(29)32)23-11-9-12-24(31)20-23;1-2/h7-9,11-12,14,18-20,34H,5-6,10,13,15-17,32H2,1-4H3,(H,33,36);1H2/b21-18+;. The van der Waals surface area contributed by atoms with E-state index in [0.717, 1.165) is 72.6 Å². The molecule has 0 bridgehead atoms. The van der Waals surface area contributed by atoms with Crippen LogP contribution in [0, 0.1) is 6.92 Å². The summed E-state index contributed by atoms with van der Waals surface area (Å²) >= 11 is 6.30. The number of allylic oxidation sites excluding steroid dienone is 5. The molecule has 0 unspecified atom stereocenters. The van der Waals surface area contributed by atoms with Crippen molar-refractivity contribution in [1.29, 1.82) is 0 Å². The van der Waals surface area contributed by atoms with Crippen molar-refractivity contribution in [2.75, 3.05) is 26.2 Å². The molecule has 1 aromatic carbocycles. The number of aromatic nitrogens is 1. The number of carbonyl (C=O) groups excluding carboxylic acids is 2. The predicted octanol–water partition coefficient (Wildman–Crippen LogP) is 6.30. The van der Waals surface area contributed by atoms with Crippen molar-refractivity contribution in [3.05, 3.63) is 92.9 Å². The van der Waals surface area contributed by atoms with Crippen LogP contribution < -0.4 is 11.1 Å². The quantitative estimate of drug-likeness (QED) is 0.294. The van der Waals surface area contributed by atoms with Crippen LogP contribution in [0.15, 0.2) is 65.4 Å². The zero-order chi connectivity index (χ0) is 28.1. The minimum absolute atomic E-state index is 0.0629. The molecule has 0 atom stereocenters. The van der Waals surface area contributed by atoms with Gasteiger partial charge in [-0.25, -0.2) is 0 Å². The van der Waals surface area contributed by atoms with Crippen LogP contribution >= 0.6 is 11.6 Å². The largest absolute Gasteiger partial charge is 0.398 e. The third-order valence-corrected chi connectivity index (χ3v) is 6.64. The Bertz CT molecular complexity index is 1210. The number of hydrogen-bond donors (Lipinski definition) is 3. The average molecular weight is 537 g/mol. The second kappa shape index (κ2) is 15.8. The van der Waals surface area contributed by atoms with Crippen molar-refractivity contribution < 1.29 is 9.59 Å². The van der Waals surface area contributed by atoms with Crippen molar-refractivity contribution in [3.8, 4) is 0 Å². The third kappa shape index (κ3) is 8.61. The Morgan fingerprint density at radius 1 is 1.24 bits per heavy atom. The minimum atomic E-state index is -0.0629. The molecule has 0 radical (unpaired) electrons. The highest BCUT2D eigenvalue weighted by molar-refractivity contribution is 6.30. The van der Waals surface area contributed by atoms with Crippen molar-refractivity contribution in [2.45, 2.75) is 47.0 Å². The van der Waals surface area contributed by atoms with Gasteiger partial charge in [0.15, 0.2) is 0 Å². The lowest BCUT2D eigenvalue weighted by atomic mass is 9.91. The summed E-state index contributed by atoms with van der Waals surface area (Å²) in [6.07, 6.45) is 10.8. The fraction of sp³-hybridized carbons (Fsp3) is 0.355. The van der Waals surface area contributed by atoms with E-state index in [0.29, 0.717) is 22.8 Å². The van der Waals surface area contributed by atoms with E-state index in [-0.39, 0.29) is 5.91 Å². The predicted molar refractivity (Wildman–Crippen MR) is 160 cm³/mol. The number of nitrogens with two attached hydrogens (primary N) is 1. The number of nitrogens with zero attached hydrogens (tertiary/aromatic N) is 1. The number of benzene rings is 1. The van der Waals surface area contributed by atoms with Crippen LogP contribution in [-0.4, -0.2) is 48.8 Å². The van der Waals surface area contributed by atoms with Crippen LogP contribution in [0.25, 0.3) is 11.6 Å². The average Bonchev–Trinajstić information content (AvgIpc) is 3.15. The molecule has 1 heterocycles. The second-order valence-corrected chi connectivity index (χ2v) is 9.71. The zero-order valence-corrected chi connectivity index (χ0v) is 23.8. The molecule has 6 nitrogen and oxygen atoms in total. The molecule has 1 aliphatic carbocycles. The maximum Gasteiger partial charge on any atom is 0.253 e. The van der Waals surface area contributed by atoms with Gasteiger partial charge in [-0.2, -0.15) is 0 Å². The van der Waals surface area contributed by atoms with Crippen molar-refractivity contribution >= 4 is 35.9 Å². The third-order valence-electron chi connectivity index (χ3n) is 6.40. The first kappa shape index (κ1) is 30.9. The number of amides is 1. The van der Waals surface area contributed by atoms with Crippen LogP contribution in [0.1, 0.15) is 67.3 Å².